The van der Waals surface area contributed by atoms with Crippen molar-refractivity contribution in [1.82, 2.24) is 9.88 Å². The zero-order chi connectivity index (χ0) is 23.4. The lowest BCUT2D eigenvalue weighted by Crippen LogP contribution is -2.52. The number of ether oxygens (including phenoxy) is 1. The van der Waals surface area contributed by atoms with Crippen LogP contribution in [0.4, 0.5) is 15.4 Å². The van der Waals surface area contributed by atoms with Crippen LogP contribution in [0.2, 0.25) is 5.02 Å². The Bertz CT molecular complexity index is 878. The molecule has 1 saturated carbocycles. The van der Waals surface area contributed by atoms with Crippen molar-refractivity contribution in [3.8, 4) is 11.8 Å². The van der Waals surface area contributed by atoms with E-state index in [2.05, 4.69) is 22.1 Å². The summed E-state index contributed by atoms with van der Waals surface area (Å²) in [6.07, 6.45) is 3.20. The van der Waals surface area contributed by atoms with Gasteiger partial charge in [0.2, 0.25) is 0 Å². The summed E-state index contributed by atoms with van der Waals surface area (Å²) < 4.78 is 5.28. The molecule has 1 aliphatic carbocycles. The summed E-state index contributed by atoms with van der Waals surface area (Å²) in [5.41, 5.74) is -0.708. The minimum Gasteiger partial charge on any atom is -0.465 e. The topological polar surface area (TPSA) is 91.8 Å². The summed E-state index contributed by atoms with van der Waals surface area (Å²) in [6.45, 7) is 11.0. The van der Waals surface area contributed by atoms with Gasteiger partial charge in [-0.15, -0.1) is 0 Å². The number of halogens is 1. The number of hydrogen-bond donors (Lipinski definition) is 2. The Labute approximate surface area is 189 Å². The highest BCUT2D eigenvalue weighted by Gasteiger charge is 2.35. The molecule has 0 radical (unpaired) electrons. The number of carbonyl (C=O) groups excluding carboxylic acids is 1. The zero-order valence-corrected chi connectivity index (χ0v) is 19.8. The second-order valence-electron chi connectivity index (χ2n) is 9.75. The lowest BCUT2D eigenvalue weighted by molar-refractivity contribution is 0.0520. The Morgan fingerprint density at radius 3 is 2.52 bits per heavy atom. The second-order valence-corrected chi connectivity index (χ2v) is 10.2. The second kappa shape index (κ2) is 9.78. The van der Waals surface area contributed by atoms with E-state index in [0.29, 0.717) is 17.0 Å². The molecule has 1 aromatic rings. The van der Waals surface area contributed by atoms with Crippen molar-refractivity contribution < 1.29 is 19.4 Å². The molecule has 31 heavy (non-hydrogen) atoms. The lowest BCUT2D eigenvalue weighted by Gasteiger charge is -2.42. The molecule has 0 spiro atoms. The highest BCUT2D eigenvalue weighted by atomic mass is 35.5. The fraction of sp³-hybridized carbons (Fsp3) is 0.609. The lowest BCUT2D eigenvalue weighted by atomic mass is 9.83. The molecular weight excluding hydrogens is 418 g/mol. The van der Waals surface area contributed by atoms with Gasteiger partial charge in [-0.2, -0.15) is 0 Å². The molecule has 7 nitrogen and oxygen atoms in total. The smallest absolute Gasteiger partial charge is 0.413 e. The quantitative estimate of drug-likeness (QED) is 0.559. The highest BCUT2D eigenvalue weighted by molar-refractivity contribution is 6.32. The van der Waals surface area contributed by atoms with Gasteiger partial charge in [0, 0.05) is 23.7 Å². The van der Waals surface area contributed by atoms with Gasteiger partial charge in [0.1, 0.15) is 5.60 Å². The number of nitrogens with zero attached hydrogens (tertiary/aromatic N) is 2. The summed E-state index contributed by atoms with van der Waals surface area (Å²) >= 11 is 6.32. The predicted molar refractivity (Wildman–Crippen MR) is 121 cm³/mol. The van der Waals surface area contributed by atoms with Gasteiger partial charge in [-0.3, -0.25) is 5.32 Å². The van der Waals surface area contributed by atoms with Gasteiger partial charge in [0.15, 0.2) is 5.82 Å². The van der Waals surface area contributed by atoms with Gasteiger partial charge < -0.3 is 14.7 Å². The number of aromatic nitrogens is 1. The van der Waals surface area contributed by atoms with Crippen LogP contribution < -0.4 is 5.32 Å². The zero-order valence-electron chi connectivity index (χ0n) is 19.1. The summed E-state index contributed by atoms with van der Waals surface area (Å²) in [6, 6.07) is 1.52. The van der Waals surface area contributed by atoms with Crippen LogP contribution >= 0.6 is 11.6 Å². The molecular formula is C23H32ClN3O4. The summed E-state index contributed by atoms with van der Waals surface area (Å²) in [5.74, 6) is 6.56. The Hall–Kier alpha value is -2.46. The third kappa shape index (κ3) is 7.32. The fourth-order valence-electron chi connectivity index (χ4n) is 3.75. The number of pyridine rings is 1. The summed E-state index contributed by atoms with van der Waals surface area (Å²) in [7, 11) is 0. The Kier molecular flexibility index (Phi) is 7.82. The number of amides is 2. The Morgan fingerprint density at radius 1 is 1.26 bits per heavy atom. The maximum Gasteiger partial charge on any atom is 0.413 e. The van der Waals surface area contributed by atoms with E-state index in [9.17, 15) is 14.7 Å². The van der Waals surface area contributed by atoms with Crippen molar-refractivity contribution in [3.05, 3.63) is 22.8 Å². The van der Waals surface area contributed by atoms with Gasteiger partial charge >= 0.3 is 12.2 Å². The molecule has 170 valence electrons. The van der Waals surface area contributed by atoms with E-state index in [1.54, 1.807) is 26.8 Å². The summed E-state index contributed by atoms with van der Waals surface area (Å²) in [5, 5.41) is 12.7. The van der Waals surface area contributed by atoms with Crippen LogP contribution in [0.3, 0.4) is 0 Å². The van der Waals surface area contributed by atoms with Crippen molar-refractivity contribution in [2.45, 2.75) is 84.4 Å². The molecule has 1 heterocycles. The molecule has 0 aromatic carbocycles. The summed E-state index contributed by atoms with van der Waals surface area (Å²) in [4.78, 5) is 29.7. The van der Waals surface area contributed by atoms with Crippen LogP contribution in [0, 0.1) is 17.8 Å². The Morgan fingerprint density at radius 2 is 1.94 bits per heavy atom. The van der Waals surface area contributed by atoms with E-state index >= 15 is 0 Å². The van der Waals surface area contributed by atoms with E-state index in [4.69, 9.17) is 16.3 Å². The van der Waals surface area contributed by atoms with Crippen molar-refractivity contribution >= 4 is 29.6 Å². The molecule has 1 aromatic heterocycles. The first kappa shape index (κ1) is 24.8. The van der Waals surface area contributed by atoms with Crippen molar-refractivity contribution in [2.24, 2.45) is 5.92 Å². The monoisotopic (exact) mass is 449 g/mol. The van der Waals surface area contributed by atoms with Crippen molar-refractivity contribution in [3.63, 3.8) is 0 Å². The molecule has 0 aliphatic heterocycles. The van der Waals surface area contributed by atoms with Gasteiger partial charge in [-0.1, -0.05) is 29.9 Å². The molecule has 0 saturated heterocycles. The van der Waals surface area contributed by atoms with E-state index in [1.165, 1.54) is 11.1 Å². The van der Waals surface area contributed by atoms with Gasteiger partial charge in [-0.25, -0.2) is 14.6 Å². The van der Waals surface area contributed by atoms with E-state index < -0.39 is 23.3 Å². The average molecular weight is 450 g/mol. The van der Waals surface area contributed by atoms with E-state index in [1.807, 2.05) is 20.8 Å². The van der Waals surface area contributed by atoms with Crippen molar-refractivity contribution in [2.75, 3.05) is 5.32 Å². The Balaban J connectivity index is 2.21. The van der Waals surface area contributed by atoms with E-state index in [-0.39, 0.29) is 17.8 Å². The first-order valence-electron chi connectivity index (χ1n) is 10.5. The van der Waals surface area contributed by atoms with Crippen LogP contribution in [-0.4, -0.2) is 44.4 Å². The predicted octanol–water partition coefficient (Wildman–Crippen LogP) is 5.77. The average Bonchev–Trinajstić information content (AvgIpc) is 2.58. The minimum absolute atomic E-state index is 0.0219. The largest absolute Gasteiger partial charge is 0.465 e. The third-order valence-corrected chi connectivity index (χ3v) is 5.18. The number of nitrogens with one attached hydrogen (secondary N) is 1. The van der Waals surface area contributed by atoms with Gasteiger partial charge in [0.25, 0.3) is 0 Å². The SMILES string of the molecule is CC(C)(C)OC(=O)Nc1nccc(Cl)c1C#CC1CCCC(N(C(=O)O)C(C)(C)C)C1. The van der Waals surface area contributed by atoms with Crippen LogP contribution in [0.15, 0.2) is 12.3 Å². The first-order valence-corrected chi connectivity index (χ1v) is 10.8. The van der Waals surface area contributed by atoms with Crippen LogP contribution in [0.5, 0.6) is 0 Å². The number of carboxylic acid groups (broad SMARTS) is 1. The van der Waals surface area contributed by atoms with Crippen LogP contribution in [-0.2, 0) is 4.74 Å². The molecule has 2 unspecified atom stereocenters. The molecule has 2 atom stereocenters. The van der Waals surface area contributed by atoms with Gasteiger partial charge in [0.05, 0.1) is 10.6 Å². The highest BCUT2D eigenvalue weighted by Crippen LogP contribution is 2.32. The molecule has 1 aliphatic rings. The molecule has 0 bridgehead atoms. The number of rotatable bonds is 2. The molecule has 1 fully saturated rings. The number of carbonyl (C=O) groups is 2. The molecule has 2 N–H and O–H groups in total. The standard InChI is InChI=1S/C23H32ClN3O4/c1-22(2,3)27(21(29)30)16-9-7-8-15(14-16)10-11-17-18(24)12-13-25-19(17)26-20(28)31-23(4,5)6/h12-13,15-16H,7-9,14H2,1-6H3,(H,29,30)(H,25,26,28). The van der Waals surface area contributed by atoms with E-state index in [0.717, 1.165) is 19.3 Å². The number of anilines is 1. The molecule has 8 heteroatoms. The number of hydrogen-bond acceptors (Lipinski definition) is 4. The molecule has 2 amide bonds. The third-order valence-electron chi connectivity index (χ3n) is 4.86. The normalized spacial score (nSPS) is 19.1. The fourth-order valence-corrected chi connectivity index (χ4v) is 3.94. The first-order chi connectivity index (χ1) is 14.3. The maximum absolute atomic E-state index is 12.1. The van der Waals surface area contributed by atoms with Crippen molar-refractivity contribution in [1.29, 1.82) is 0 Å². The molecule has 2 rings (SSSR count). The van der Waals surface area contributed by atoms with Gasteiger partial charge in [-0.05, 0) is 66.9 Å². The van der Waals surface area contributed by atoms with Crippen LogP contribution in [0.1, 0.15) is 72.8 Å². The maximum atomic E-state index is 12.1. The van der Waals surface area contributed by atoms with Crippen LogP contribution in [0.25, 0.3) is 0 Å². The minimum atomic E-state index is -0.912.